The molecule has 2 aliphatic heterocycles. The van der Waals surface area contributed by atoms with Crippen LogP contribution in [0.5, 0.6) is 11.5 Å². The molecule has 2 aromatic rings. The van der Waals surface area contributed by atoms with Crippen LogP contribution in [0.3, 0.4) is 0 Å². The lowest BCUT2D eigenvalue weighted by atomic mass is 9.76. The van der Waals surface area contributed by atoms with Crippen LogP contribution < -0.4 is 19.3 Å². The zero-order chi connectivity index (χ0) is 25.6. The van der Waals surface area contributed by atoms with Crippen molar-refractivity contribution in [2.45, 2.75) is 39.5 Å². The van der Waals surface area contributed by atoms with Gasteiger partial charge in [-0.1, -0.05) is 6.92 Å². The molecule has 0 radical (unpaired) electrons. The molecule has 2 saturated heterocycles. The molecule has 0 unspecified atom stereocenters. The van der Waals surface area contributed by atoms with Crippen molar-refractivity contribution in [1.29, 1.82) is 0 Å². The second-order valence-electron chi connectivity index (χ2n) is 10.1. The third-order valence-corrected chi connectivity index (χ3v) is 7.66. The van der Waals surface area contributed by atoms with E-state index >= 15 is 0 Å². The number of anilines is 2. The Morgan fingerprint density at radius 3 is 2.33 bits per heavy atom. The maximum Gasteiger partial charge on any atom is 0.316 e. The SMILES string of the molecule is COc1ccc(N2C[C@H](C(=O)Oc3ccc(N4C(=O)[C@@H]5CC[C@H](C)C[C@H]5C4=O)c(C)c3)CC2=O)cc1. The van der Waals surface area contributed by atoms with E-state index in [1.165, 1.54) is 4.90 Å². The molecule has 3 amide bonds. The maximum atomic E-state index is 13.1. The summed E-state index contributed by atoms with van der Waals surface area (Å²) in [4.78, 5) is 54.4. The third-order valence-electron chi connectivity index (χ3n) is 7.66. The first-order valence-corrected chi connectivity index (χ1v) is 12.4. The van der Waals surface area contributed by atoms with Crippen LogP contribution >= 0.6 is 0 Å². The lowest BCUT2D eigenvalue weighted by molar-refractivity contribution is -0.139. The molecule has 3 aliphatic rings. The fourth-order valence-electron chi connectivity index (χ4n) is 5.65. The van der Waals surface area contributed by atoms with E-state index < -0.39 is 11.9 Å². The number of nitrogens with zero attached hydrogens (tertiary/aromatic N) is 2. The van der Waals surface area contributed by atoms with Crippen molar-refractivity contribution >= 4 is 35.1 Å². The van der Waals surface area contributed by atoms with Gasteiger partial charge in [0.15, 0.2) is 0 Å². The predicted octanol–water partition coefficient (Wildman–Crippen LogP) is 3.89. The van der Waals surface area contributed by atoms with Crippen molar-refractivity contribution in [3.8, 4) is 11.5 Å². The second-order valence-corrected chi connectivity index (χ2v) is 10.1. The molecule has 0 aromatic heterocycles. The summed E-state index contributed by atoms with van der Waals surface area (Å²) in [5.41, 5.74) is 1.91. The number of carbonyl (C=O) groups is 4. The number of amides is 3. The molecule has 3 fully saturated rings. The Balaban J connectivity index is 1.26. The van der Waals surface area contributed by atoms with Crippen molar-refractivity contribution in [2.24, 2.45) is 23.7 Å². The first kappa shape index (κ1) is 24.0. The van der Waals surface area contributed by atoms with Crippen molar-refractivity contribution in [3.05, 3.63) is 48.0 Å². The number of rotatable bonds is 5. The molecule has 2 heterocycles. The monoisotopic (exact) mass is 490 g/mol. The number of aryl methyl sites for hydroxylation is 1. The highest BCUT2D eigenvalue weighted by molar-refractivity contribution is 6.22. The van der Waals surface area contributed by atoms with Crippen LogP contribution in [0.4, 0.5) is 11.4 Å². The Morgan fingerprint density at radius 2 is 1.64 bits per heavy atom. The van der Waals surface area contributed by atoms with Gasteiger partial charge in [0.2, 0.25) is 17.7 Å². The molecule has 8 nitrogen and oxygen atoms in total. The lowest BCUT2D eigenvalue weighted by Crippen LogP contribution is -2.31. The number of carbonyl (C=O) groups excluding carboxylic acids is 4. The van der Waals surface area contributed by atoms with Gasteiger partial charge in [0.05, 0.1) is 30.6 Å². The number of hydrogen-bond donors (Lipinski definition) is 0. The molecule has 4 atom stereocenters. The number of hydrogen-bond acceptors (Lipinski definition) is 6. The molecule has 1 aliphatic carbocycles. The molecule has 36 heavy (non-hydrogen) atoms. The van der Waals surface area contributed by atoms with E-state index in [0.717, 1.165) is 19.3 Å². The standard InChI is InChI=1S/C28H30N2O6/c1-16-4-10-22-23(12-16)27(33)30(26(22)32)24-11-9-21(13-17(24)2)36-28(34)18-14-25(31)29(15-18)19-5-7-20(35-3)8-6-19/h5-9,11,13,16,18,22-23H,4,10,12,14-15H2,1-3H3/t16-,18+,22+,23+/m0/s1. The summed E-state index contributed by atoms with van der Waals surface area (Å²) in [6.07, 6.45) is 2.52. The Kier molecular flexibility index (Phi) is 6.28. The molecule has 8 heteroatoms. The molecule has 5 rings (SSSR count). The fourth-order valence-corrected chi connectivity index (χ4v) is 5.65. The highest BCUT2D eigenvalue weighted by Crippen LogP contribution is 2.43. The van der Waals surface area contributed by atoms with Crippen LogP contribution in [0.1, 0.15) is 38.2 Å². The Morgan fingerprint density at radius 1 is 0.944 bits per heavy atom. The van der Waals surface area contributed by atoms with E-state index in [1.807, 2.05) is 0 Å². The Hall–Kier alpha value is -3.68. The second kappa shape index (κ2) is 9.41. The normalized spacial score (nSPS) is 25.8. The van der Waals surface area contributed by atoms with Gasteiger partial charge in [0.25, 0.3) is 0 Å². The molecular formula is C28H30N2O6. The number of benzene rings is 2. The van der Waals surface area contributed by atoms with Crippen LogP contribution in [0.15, 0.2) is 42.5 Å². The van der Waals surface area contributed by atoms with Crippen molar-refractivity contribution in [2.75, 3.05) is 23.5 Å². The minimum absolute atomic E-state index is 0.0694. The van der Waals surface area contributed by atoms with Crippen LogP contribution in [0.2, 0.25) is 0 Å². The van der Waals surface area contributed by atoms with Gasteiger partial charge in [-0.05, 0) is 80.1 Å². The Labute approximate surface area is 210 Å². The average Bonchev–Trinajstić information content (AvgIpc) is 3.37. The number of imide groups is 1. The van der Waals surface area contributed by atoms with Crippen molar-refractivity contribution in [1.82, 2.24) is 0 Å². The van der Waals surface area contributed by atoms with Gasteiger partial charge in [-0.3, -0.25) is 19.2 Å². The van der Waals surface area contributed by atoms with Gasteiger partial charge in [-0.15, -0.1) is 0 Å². The molecule has 0 bridgehead atoms. The van der Waals surface area contributed by atoms with Gasteiger partial charge in [0, 0.05) is 18.7 Å². The summed E-state index contributed by atoms with van der Waals surface area (Å²) in [6.45, 7) is 4.15. The number of esters is 1. The van der Waals surface area contributed by atoms with Crippen LogP contribution in [-0.4, -0.2) is 37.3 Å². The highest BCUT2D eigenvalue weighted by Gasteiger charge is 2.50. The van der Waals surface area contributed by atoms with Gasteiger partial charge >= 0.3 is 5.97 Å². The van der Waals surface area contributed by atoms with E-state index in [1.54, 1.807) is 61.4 Å². The van der Waals surface area contributed by atoms with Crippen LogP contribution in [0, 0.1) is 30.6 Å². The zero-order valence-corrected chi connectivity index (χ0v) is 20.7. The molecule has 0 N–H and O–H groups in total. The average molecular weight is 491 g/mol. The largest absolute Gasteiger partial charge is 0.497 e. The highest BCUT2D eigenvalue weighted by atomic mass is 16.5. The number of methoxy groups -OCH3 is 1. The summed E-state index contributed by atoms with van der Waals surface area (Å²) in [7, 11) is 1.57. The minimum atomic E-state index is -0.591. The lowest BCUT2D eigenvalue weighted by Gasteiger charge is -2.25. The van der Waals surface area contributed by atoms with Crippen LogP contribution in [0.25, 0.3) is 0 Å². The zero-order valence-electron chi connectivity index (χ0n) is 20.7. The predicted molar refractivity (Wildman–Crippen MR) is 133 cm³/mol. The number of ether oxygens (including phenoxy) is 2. The van der Waals surface area contributed by atoms with E-state index in [-0.39, 0.29) is 42.5 Å². The molecular weight excluding hydrogens is 460 g/mol. The van der Waals surface area contributed by atoms with E-state index in [2.05, 4.69) is 6.92 Å². The van der Waals surface area contributed by atoms with Crippen molar-refractivity contribution in [3.63, 3.8) is 0 Å². The summed E-state index contributed by atoms with van der Waals surface area (Å²) in [6, 6.07) is 12.0. The van der Waals surface area contributed by atoms with E-state index in [0.29, 0.717) is 34.4 Å². The smallest absolute Gasteiger partial charge is 0.316 e. The third kappa shape index (κ3) is 4.25. The summed E-state index contributed by atoms with van der Waals surface area (Å²) in [5.74, 6) is -0.519. The van der Waals surface area contributed by atoms with E-state index in [9.17, 15) is 19.2 Å². The first-order valence-electron chi connectivity index (χ1n) is 12.4. The minimum Gasteiger partial charge on any atom is -0.497 e. The molecule has 2 aromatic carbocycles. The molecule has 188 valence electrons. The molecule has 0 spiro atoms. The van der Waals surface area contributed by atoms with Crippen LogP contribution in [-0.2, 0) is 19.2 Å². The van der Waals surface area contributed by atoms with Gasteiger partial charge in [0.1, 0.15) is 11.5 Å². The van der Waals surface area contributed by atoms with Gasteiger partial charge in [-0.25, -0.2) is 4.90 Å². The fraction of sp³-hybridized carbons (Fsp3) is 0.429. The van der Waals surface area contributed by atoms with Gasteiger partial charge in [-0.2, -0.15) is 0 Å². The maximum absolute atomic E-state index is 13.1. The van der Waals surface area contributed by atoms with Crippen molar-refractivity contribution < 1.29 is 28.7 Å². The topological polar surface area (TPSA) is 93.2 Å². The quantitative estimate of drug-likeness (QED) is 0.359. The summed E-state index contributed by atoms with van der Waals surface area (Å²) < 4.78 is 10.8. The Bertz CT molecular complexity index is 1220. The van der Waals surface area contributed by atoms with Gasteiger partial charge < -0.3 is 14.4 Å². The number of fused-ring (bicyclic) bond motifs is 1. The van der Waals surface area contributed by atoms with E-state index in [4.69, 9.17) is 9.47 Å². The summed E-state index contributed by atoms with van der Waals surface area (Å²) >= 11 is 0. The molecule has 1 saturated carbocycles. The summed E-state index contributed by atoms with van der Waals surface area (Å²) in [5, 5.41) is 0. The first-order chi connectivity index (χ1) is 17.3.